The van der Waals surface area contributed by atoms with Gasteiger partial charge in [0.25, 0.3) is 0 Å². The molecule has 1 aliphatic heterocycles. The molecule has 2 aromatic rings. The van der Waals surface area contributed by atoms with Crippen molar-refractivity contribution < 1.29 is 18.6 Å². The first kappa shape index (κ1) is 25.3. The molecule has 8 heteroatoms. The second kappa shape index (κ2) is 13.5. The van der Waals surface area contributed by atoms with Gasteiger partial charge in [-0.1, -0.05) is 0 Å². The van der Waals surface area contributed by atoms with E-state index in [0.717, 1.165) is 81.9 Å². The minimum absolute atomic E-state index is 0. The zero-order chi connectivity index (χ0) is 21.2. The van der Waals surface area contributed by atoms with Gasteiger partial charge in [0, 0.05) is 45.8 Å². The molecule has 3 rings (SSSR count). The van der Waals surface area contributed by atoms with Crippen molar-refractivity contribution in [1.82, 2.24) is 10.2 Å². The second-order valence-corrected chi connectivity index (χ2v) is 7.16. The summed E-state index contributed by atoms with van der Waals surface area (Å²) in [6, 6.07) is 8.09. The quantitative estimate of drug-likeness (QED) is 0.212. The molecular weight excluding hydrogens is 509 g/mol. The largest absolute Gasteiger partial charge is 0.493 e. The van der Waals surface area contributed by atoms with Gasteiger partial charge in [-0.3, -0.25) is 4.99 Å². The number of fused-ring (bicyclic) bond motifs is 1. The lowest BCUT2D eigenvalue weighted by Crippen LogP contribution is -2.44. The Kier molecular flexibility index (Phi) is 11.0. The lowest BCUT2D eigenvalue weighted by atomic mass is 9.99. The molecule has 0 fully saturated rings. The van der Waals surface area contributed by atoms with Crippen LogP contribution >= 0.6 is 24.0 Å². The van der Waals surface area contributed by atoms with E-state index >= 15 is 0 Å². The fourth-order valence-electron chi connectivity index (χ4n) is 3.58. The predicted molar refractivity (Wildman–Crippen MR) is 133 cm³/mol. The summed E-state index contributed by atoms with van der Waals surface area (Å²) in [6.07, 6.45) is 4.38. The number of hydrogen-bond acceptors (Lipinski definition) is 5. The number of furan rings is 1. The van der Waals surface area contributed by atoms with Gasteiger partial charge in [-0.05, 0) is 55.2 Å². The van der Waals surface area contributed by atoms with Gasteiger partial charge in [0.05, 0.1) is 20.5 Å². The molecule has 0 radical (unpaired) electrons. The molecule has 0 saturated carbocycles. The molecule has 0 bridgehead atoms. The van der Waals surface area contributed by atoms with Gasteiger partial charge in [-0.25, -0.2) is 0 Å². The van der Waals surface area contributed by atoms with Crippen LogP contribution in [0, 0.1) is 0 Å². The molecule has 1 aliphatic rings. The van der Waals surface area contributed by atoms with Gasteiger partial charge in [-0.2, -0.15) is 0 Å². The third-order valence-corrected chi connectivity index (χ3v) is 5.16. The molecule has 1 aromatic carbocycles. The summed E-state index contributed by atoms with van der Waals surface area (Å²) < 4.78 is 21.8. The standard InChI is InChI=1S/C23H33N3O4.HI/c1-4-29-13-6-10-24-23(25-11-8-20-7-5-14-30-20)26-12-9-18-15-21(27-2)22(28-3)16-19(18)17-26;/h5,7,14-16H,4,6,8-13,17H2,1-3H3,(H,24,25);1H. The Hall–Kier alpha value is -1.94. The SMILES string of the molecule is CCOCCCN=C(NCCc1ccco1)N1CCc2cc(OC)c(OC)cc2C1.I. The summed E-state index contributed by atoms with van der Waals surface area (Å²) in [5.41, 5.74) is 2.55. The summed E-state index contributed by atoms with van der Waals surface area (Å²) >= 11 is 0. The number of methoxy groups -OCH3 is 2. The first-order valence-corrected chi connectivity index (χ1v) is 10.6. The van der Waals surface area contributed by atoms with Crippen molar-refractivity contribution in [3.8, 4) is 11.5 Å². The predicted octanol–water partition coefficient (Wildman–Crippen LogP) is 3.89. The smallest absolute Gasteiger partial charge is 0.194 e. The van der Waals surface area contributed by atoms with Crippen LogP contribution in [0.25, 0.3) is 0 Å². The van der Waals surface area contributed by atoms with Crippen LogP contribution < -0.4 is 14.8 Å². The van der Waals surface area contributed by atoms with Gasteiger partial charge in [0.15, 0.2) is 17.5 Å². The summed E-state index contributed by atoms with van der Waals surface area (Å²) in [5, 5.41) is 3.52. The molecule has 2 heterocycles. The van der Waals surface area contributed by atoms with Crippen molar-refractivity contribution in [2.75, 3.05) is 47.1 Å². The first-order chi connectivity index (χ1) is 14.7. The van der Waals surface area contributed by atoms with Crippen LogP contribution in [0.15, 0.2) is 39.9 Å². The van der Waals surface area contributed by atoms with Crippen LogP contribution in [-0.4, -0.2) is 57.9 Å². The monoisotopic (exact) mass is 543 g/mol. The maximum absolute atomic E-state index is 5.49. The molecule has 7 nitrogen and oxygen atoms in total. The minimum atomic E-state index is 0. The topological polar surface area (TPSA) is 68.5 Å². The normalized spacial score (nSPS) is 13.4. The fraction of sp³-hybridized carbons (Fsp3) is 0.522. The van der Waals surface area contributed by atoms with Crippen LogP contribution in [0.4, 0.5) is 0 Å². The summed E-state index contributed by atoms with van der Waals surface area (Å²) in [4.78, 5) is 7.15. The maximum atomic E-state index is 5.49. The molecule has 0 atom stereocenters. The fourth-order valence-corrected chi connectivity index (χ4v) is 3.58. The number of aliphatic imine (C=N–C) groups is 1. The Morgan fingerprint density at radius 3 is 2.65 bits per heavy atom. The number of halogens is 1. The average molecular weight is 543 g/mol. The van der Waals surface area contributed by atoms with E-state index in [1.807, 2.05) is 19.1 Å². The number of rotatable bonds is 10. The van der Waals surface area contributed by atoms with E-state index in [0.29, 0.717) is 0 Å². The highest BCUT2D eigenvalue weighted by molar-refractivity contribution is 14.0. The van der Waals surface area contributed by atoms with E-state index in [1.54, 1.807) is 20.5 Å². The summed E-state index contributed by atoms with van der Waals surface area (Å²) in [6.45, 7) is 6.69. The highest BCUT2D eigenvalue weighted by Crippen LogP contribution is 2.33. The number of nitrogens with one attached hydrogen (secondary N) is 1. The molecule has 0 saturated heterocycles. The van der Waals surface area contributed by atoms with Crippen molar-refractivity contribution in [3.05, 3.63) is 47.4 Å². The zero-order valence-corrected chi connectivity index (χ0v) is 21.0. The molecule has 0 unspecified atom stereocenters. The zero-order valence-electron chi connectivity index (χ0n) is 18.7. The van der Waals surface area contributed by atoms with Crippen molar-refractivity contribution in [2.45, 2.75) is 32.7 Å². The Labute approximate surface area is 202 Å². The average Bonchev–Trinajstić information content (AvgIpc) is 3.30. The highest BCUT2D eigenvalue weighted by Gasteiger charge is 2.21. The third kappa shape index (κ3) is 7.31. The van der Waals surface area contributed by atoms with Crippen LogP contribution in [0.2, 0.25) is 0 Å². The highest BCUT2D eigenvalue weighted by atomic mass is 127. The van der Waals surface area contributed by atoms with E-state index in [2.05, 4.69) is 22.3 Å². The van der Waals surface area contributed by atoms with Crippen LogP contribution in [0.5, 0.6) is 11.5 Å². The molecule has 1 aromatic heterocycles. The molecule has 1 N–H and O–H groups in total. The number of benzene rings is 1. The lowest BCUT2D eigenvalue weighted by molar-refractivity contribution is 0.146. The van der Waals surface area contributed by atoms with E-state index in [-0.39, 0.29) is 24.0 Å². The van der Waals surface area contributed by atoms with Gasteiger partial charge in [0.2, 0.25) is 0 Å². The molecular formula is C23H34IN3O4. The minimum Gasteiger partial charge on any atom is -0.493 e. The first-order valence-electron chi connectivity index (χ1n) is 10.6. The molecule has 0 spiro atoms. The van der Waals surface area contributed by atoms with Crippen LogP contribution in [-0.2, 0) is 24.1 Å². The van der Waals surface area contributed by atoms with Gasteiger partial charge in [-0.15, -0.1) is 24.0 Å². The van der Waals surface area contributed by atoms with Gasteiger partial charge < -0.3 is 28.8 Å². The Morgan fingerprint density at radius 1 is 1.19 bits per heavy atom. The summed E-state index contributed by atoms with van der Waals surface area (Å²) in [5.74, 6) is 3.45. The number of nitrogens with zero attached hydrogens (tertiary/aromatic N) is 2. The summed E-state index contributed by atoms with van der Waals surface area (Å²) in [7, 11) is 3.35. The van der Waals surface area contributed by atoms with Crippen molar-refractivity contribution in [2.24, 2.45) is 4.99 Å². The number of guanidine groups is 1. The van der Waals surface area contributed by atoms with E-state index in [1.165, 1.54) is 11.1 Å². The molecule has 0 aliphatic carbocycles. The number of hydrogen-bond donors (Lipinski definition) is 1. The van der Waals surface area contributed by atoms with E-state index < -0.39 is 0 Å². The third-order valence-electron chi connectivity index (χ3n) is 5.16. The van der Waals surface area contributed by atoms with E-state index in [4.69, 9.17) is 23.6 Å². The van der Waals surface area contributed by atoms with Gasteiger partial charge >= 0.3 is 0 Å². The lowest BCUT2D eigenvalue weighted by Gasteiger charge is -2.32. The second-order valence-electron chi connectivity index (χ2n) is 7.16. The molecule has 31 heavy (non-hydrogen) atoms. The Morgan fingerprint density at radius 2 is 1.97 bits per heavy atom. The van der Waals surface area contributed by atoms with Crippen LogP contribution in [0.1, 0.15) is 30.2 Å². The van der Waals surface area contributed by atoms with Crippen molar-refractivity contribution in [3.63, 3.8) is 0 Å². The molecule has 172 valence electrons. The number of ether oxygens (including phenoxy) is 3. The van der Waals surface area contributed by atoms with Crippen LogP contribution in [0.3, 0.4) is 0 Å². The Bertz CT molecular complexity index is 811. The van der Waals surface area contributed by atoms with Gasteiger partial charge in [0.1, 0.15) is 5.76 Å². The van der Waals surface area contributed by atoms with Crippen molar-refractivity contribution >= 4 is 29.9 Å². The van der Waals surface area contributed by atoms with Crippen molar-refractivity contribution in [1.29, 1.82) is 0 Å². The van der Waals surface area contributed by atoms with E-state index in [9.17, 15) is 0 Å². The Balaban J connectivity index is 0.00000341. The maximum Gasteiger partial charge on any atom is 0.194 e. The molecule has 0 amide bonds.